The van der Waals surface area contributed by atoms with Crippen molar-refractivity contribution in [2.45, 2.75) is 6.92 Å². The van der Waals surface area contributed by atoms with E-state index in [-0.39, 0.29) is 5.56 Å². The van der Waals surface area contributed by atoms with Gasteiger partial charge in [-0.1, -0.05) is 12.1 Å². The van der Waals surface area contributed by atoms with Gasteiger partial charge in [0.2, 0.25) is 0 Å². The number of aromatic nitrogens is 2. The summed E-state index contributed by atoms with van der Waals surface area (Å²) in [7, 11) is 0. The number of carboxylic acid groups (broad SMARTS) is 1. The maximum absolute atomic E-state index is 10.9. The number of carboxylic acids is 1. The minimum absolute atomic E-state index is 0.267. The van der Waals surface area contributed by atoms with Crippen LogP contribution in [-0.4, -0.2) is 20.6 Å². The first-order chi connectivity index (χ1) is 8.20. The summed E-state index contributed by atoms with van der Waals surface area (Å²) in [4.78, 5) is 15.0. The summed E-state index contributed by atoms with van der Waals surface area (Å²) in [5.74, 6) is -0.930. The van der Waals surface area contributed by atoms with Crippen molar-refractivity contribution >= 4 is 12.0 Å². The third-order valence-electron chi connectivity index (χ3n) is 2.33. The van der Waals surface area contributed by atoms with Gasteiger partial charge in [0.15, 0.2) is 0 Å². The Morgan fingerprint density at radius 1 is 1.47 bits per heavy atom. The van der Waals surface area contributed by atoms with Crippen LogP contribution in [0.5, 0.6) is 0 Å². The van der Waals surface area contributed by atoms with Crippen molar-refractivity contribution in [2.24, 2.45) is 0 Å². The molecule has 17 heavy (non-hydrogen) atoms. The highest BCUT2D eigenvalue weighted by Gasteiger charge is 2.04. The van der Waals surface area contributed by atoms with Crippen LogP contribution in [0.25, 0.3) is 11.8 Å². The summed E-state index contributed by atoms with van der Waals surface area (Å²) in [6.45, 7) is 1.92. The van der Waals surface area contributed by atoms with Crippen molar-refractivity contribution in [1.29, 1.82) is 0 Å². The predicted molar refractivity (Wildman–Crippen MR) is 65.2 cm³/mol. The fourth-order valence-corrected chi connectivity index (χ4v) is 1.54. The number of hydrogen-bond acceptors (Lipinski definition) is 2. The zero-order chi connectivity index (χ0) is 12.3. The van der Waals surface area contributed by atoms with E-state index in [4.69, 9.17) is 5.11 Å². The Bertz CT molecular complexity index is 570. The summed E-state index contributed by atoms with van der Waals surface area (Å²) >= 11 is 0. The van der Waals surface area contributed by atoms with Gasteiger partial charge in [-0.05, 0) is 31.2 Å². The van der Waals surface area contributed by atoms with E-state index in [1.54, 1.807) is 29.1 Å². The third kappa shape index (κ3) is 2.42. The van der Waals surface area contributed by atoms with Gasteiger partial charge >= 0.3 is 5.97 Å². The molecule has 86 valence electrons. The van der Waals surface area contributed by atoms with E-state index in [0.29, 0.717) is 0 Å². The van der Waals surface area contributed by atoms with Crippen molar-refractivity contribution in [1.82, 2.24) is 9.55 Å². The summed E-state index contributed by atoms with van der Waals surface area (Å²) in [5.41, 5.74) is 1.89. The molecule has 1 aromatic carbocycles. The molecule has 0 saturated carbocycles. The Hall–Kier alpha value is -2.36. The predicted octanol–water partition coefficient (Wildman–Crippen LogP) is 2.60. The highest BCUT2D eigenvalue weighted by atomic mass is 16.4. The standard InChI is InChI=1S/C13H12N2O2/c1-2-4-11-8-15(9-14-11)12-6-3-5-10(7-12)13(16)17/h2-9H,1H3,(H,16,17). The first kappa shape index (κ1) is 11.1. The first-order valence-electron chi connectivity index (χ1n) is 5.21. The number of benzene rings is 1. The van der Waals surface area contributed by atoms with Crippen LogP contribution < -0.4 is 0 Å². The summed E-state index contributed by atoms with van der Waals surface area (Å²) < 4.78 is 1.79. The fraction of sp³-hybridized carbons (Fsp3) is 0.0769. The van der Waals surface area contributed by atoms with Crippen LogP contribution in [0.15, 0.2) is 42.9 Å². The van der Waals surface area contributed by atoms with Gasteiger partial charge in [0.1, 0.15) is 0 Å². The van der Waals surface area contributed by atoms with Crippen molar-refractivity contribution in [3.63, 3.8) is 0 Å². The maximum atomic E-state index is 10.9. The van der Waals surface area contributed by atoms with Gasteiger partial charge in [-0.25, -0.2) is 9.78 Å². The molecule has 0 unspecified atom stereocenters. The van der Waals surface area contributed by atoms with Gasteiger partial charge in [0, 0.05) is 11.9 Å². The molecular formula is C13H12N2O2. The second-order valence-corrected chi connectivity index (χ2v) is 3.56. The largest absolute Gasteiger partial charge is 0.478 e. The normalized spacial score (nSPS) is 10.9. The molecule has 1 aromatic heterocycles. The van der Waals surface area contributed by atoms with E-state index in [2.05, 4.69) is 4.98 Å². The van der Waals surface area contributed by atoms with Crippen LogP contribution in [0.1, 0.15) is 23.0 Å². The van der Waals surface area contributed by atoms with Crippen LogP contribution in [0.3, 0.4) is 0 Å². The Morgan fingerprint density at radius 2 is 2.29 bits per heavy atom. The minimum atomic E-state index is -0.930. The van der Waals surface area contributed by atoms with Crippen molar-refractivity contribution in [2.75, 3.05) is 0 Å². The molecule has 0 amide bonds. The van der Waals surface area contributed by atoms with E-state index >= 15 is 0 Å². The first-order valence-corrected chi connectivity index (χ1v) is 5.21. The minimum Gasteiger partial charge on any atom is -0.478 e. The highest BCUT2D eigenvalue weighted by molar-refractivity contribution is 5.88. The number of imidazole rings is 1. The zero-order valence-electron chi connectivity index (χ0n) is 9.37. The molecule has 0 aliphatic carbocycles. The van der Waals surface area contributed by atoms with Gasteiger partial charge in [0.05, 0.1) is 17.6 Å². The molecule has 0 aliphatic rings. The number of hydrogen-bond donors (Lipinski definition) is 1. The lowest BCUT2D eigenvalue weighted by Crippen LogP contribution is -1.98. The van der Waals surface area contributed by atoms with E-state index in [1.165, 1.54) is 0 Å². The fourth-order valence-electron chi connectivity index (χ4n) is 1.54. The van der Waals surface area contributed by atoms with Gasteiger partial charge in [0.25, 0.3) is 0 Å². The van der Waals surface area contributed by atoms with Crippen LogP contribution in [0.4, 0.5) is 0 Å². The Kier molecular flexibility index (Phi) is 3.05. The molecule has 4 nitrogen and oxygen atoms in total. The summed E-state index contributed by atoms with van der Waals surface area (Å²) in [5, 5.41) is 8.91. The van der Waals surface area contributed by atoms with Crippen LogP contribution in [0, 0.1) is 0 Å². The highest BCUT2D eigenvalue weighted by Crippen LogP contribution is 2.12. The molecule has 0 spiro atoms. The monoisotopic (exact) mass is 228 g/mol. The van der Waals surface area contributed by atoms with Gasteiger partial charge in [-0.2, -0.15) is 0 Å². The number of nitrogens with zero attached hydrogens (tertiary/aromatic N) is 2. The number of carbonyl (C=O) groups is 1. The molecule has 0 atom stereocenters. The Morgan fingerprint density at radius 3 is 3.00 bits per heavy atom. The molecule has 0 bridgehead atoms. The maximum Gasteiger partial charge on any atom is 0.335 e. The van der Waals surface area contributed by atoms with Crippen molar-refractivity contribution in [3.05, 3.63) is 54.1 Å². The van der Waals surface area contributed by atoms with E-state index < -0.39 is 5.97 Å². The molecule has 1 N–H and O–H groups in total. The molecule has 1 heterocycles. The van der Waals surface area contributed by atoms with Gasteiger partial charge < -0.3 is 9.67 Å². The van der Waals surface area contributed by atoms with E-state index in [0.717, 1.165) is 11.4 Å². The molecule has 0 fully saturated rings. The van der Waals surface area contributed by atoms with Crippen LogP contribution in [-0.2, 0) is 0 Å². The lowest BCUT2D eigenvalue weighted by molar-refractivity contribution is 0.0697. The Balaban J connectivity index is 2.38. The molecule has 0 saturated heterocycles. The molecule has 4 heteroatoms. The molecule has 2 aromatic rings. The van der Waals surface area contributed by atoms with Gasteiger partial charge in [-0.15, -0.1) is 0 Å². The van der Waals surface area contributed by atoms with Crippen LogP contribution >= 0.6 is 0 Å². The molecule has 0 aliphatic heterocycles. The van der Waals surface area contributed by atoms with Crippen molar-refractivity contribution in [3.8, 4) is 5.69 Å². The average molecular weight is 228 g/mol. The van der Waals surface area contributed by atoms with Crippen LogP contribution in [0.2, 0.25) is 0 Å². The third-order valence-corrected chi connectivity index (χ3v) is 2.33. The van der Waals surface area contributed by atoms with E-state index in [1.807, 2.05) is 31.3 Å². The van der Waals surface area contributed by atoms with E-state index in [9.17, 15) is 4.79 Å². The van der Waals surface area contributed by atoms with Crippen molar-refractivity contribution < 1.29 is 9.90 Å². The number of allylic oxidation sites excluding steroid dienone is 1. The number of rotatable bonds is 3. The topological polar surface area (TPSA) is 55.1 Å². The molecule has 0 radical (unpaired) electrons. The zero-order valence-corrected chi connectivity index (χ0v) is 9.37. The Labute approximate surface area is 98.9 Å². The quantitative estimate of drug-likeness (QED) is 0.878. The second kappa shape index (κ2) is 4.65. The average Bonchev–Trinajstić information content (AvgIpc) is 2.78. The smallest absolute Gasteiger partial charge is 0.335 e. The lowest BCUT2D eigenvalue weighted by Gasteiger charge is -2.02. The molecule has 2 rings (SSSR count). The summed E-state index contributed by atoms with van der Waals surface area (Å²) in [6, 6.07) is 6.74. The molecular weight excluding hydrogens is 216 g/mol. The SMILES string of the molecule is CC=Cc1cn(-c2cccc(C(=O)O)c2)cn1. The summed E-state index contributed by atoms with van der Waals surface area (Å²) in [6.07, 6.45) is 7.30. The van der Waals surface area contributed by atoms with Gasteiger partial charge in [-0.3, -0.25) is 0 Å². The lowest BCUT2D eigenvalue weighted by atomic mass is 10.2. The second-order valence-electron chi connectivity index (χ2n) is 3.56. The number of aromatic carboxylic acids is 1.